The molecular formula is C18H20N4O. The highest BCUT2D eigenvalue weighted by Crippen LogP contribution is 2.20. The van der Waals surface area contributed by atoms with Crippen molar-refractivity contribution in [3.8, 4) is 6.07 Å². The number of benzene rings is 1. The summed E-state index contributed by atoms with van der Waals surface area (Å²) in [4.78, 5) is 14.6. The van der Waals surface area contributed by atoms with E-state index in [4.69, 9.17) is 5.73 Å². The van der Waals surface area contributed by atoms with Crippen molar-refractivity contribution in [3.05, 3.63) is 63.9 Å². The van der Waals surface area contributed by atoms with Crippen LogP contribution in [0.25, 0.3) is 0 Å². The molecule has 1 aliphatic rings. The fourth-order valence-corrected chi connectivity index (χ4v) is 3.10. The molecule has 1 unspecified atom stereocenters. The van der Waals surface area contributed by atoms with E-state index < -0.39 is 0 Å². The van der Waals surface area contributed by atoms with Crippen LogP contribution in [-0.2, 0) is 6.54 Å². The SMILES string of the molecule is N#Cc1ccccc1Cn1c(N2CCCC(N)C2)cccc1=O. The predicted octanol–water partition coefficient (Wildman–Crippen LogP) is 1.70. The predicted molar refractivity (Wildman–Crippen MR) is 90.4 cm³/mol. The molecule has 118 valence electrons. The topological polar surface area (TPSA) is 75.1 Å². The summed E-state index contributed by atoms with van der Waals surface area (Å²) in [6.45, 7) is 2.05. The first kappa shape index (κ1) is 15.3. The van der Waals surface area contributed by atoms with E-state index in [1.165, 1.54) is 0 Å². The number of nitrogens with zero attached hydrogens (tertiary/aromatic N) is 3. The number of rotatable bonds is 3. The Morgan fingerprint density at radius 2 is 2.04 bits per heavy atom. The van der Waals surface area contributed by atoms with Crippen LogP contribution in [0.15, 0.2) is 47.3 Å². The first-order chi connectivity index (χ1) is 11.2. The summed E-state index contributed by atoms with van der Waals surface area (Å²) in [5.41, 5.74) is 7.47. The van der Waals surface area contributed by atoms with E-state index in [1.54, 1.807) is 22.8 Å². The van der Waals surface area contributed by atoms with Gasteiger partial charge in [-0.05, 0) is 30.5 Å². The van der Waals surface area contributed by atoms with Gasteiger partial charge < -0.3 is 10.6 Å². The van der Waals surface area contributed by atoms with Crippen LogP contribution in [0, 0.1) is 11.3 Å². The van der Waals surface area contributed by atoms with Gasteiger partial charge in [-0.15, -0.1) is 0 Å². The van der Waals surface area contributed by atoms with Crippen molar-refractivity contribution in [3.63, 3.8) is 0 Å². The molecule has 1 atom stereocenters. The number of nitriles is 1. The molecule has 2 aromatic rings. The van der Waals surface area contributed by atoms with Gasteiger partial charge in [0.15, 0.2) is 0 Å². The normalized spacial score (nSPS) is 17.7. The lowest BCUT2D eigenvalue weighted by Gasteiger charge is -2.34. The standard InChI is InChI=1S/C18H20N4O/c19-11-14-5-1-2-6-15(14)12-22-17(8-3-9-18(22)23)21-10-4-7-16(20)13-21/h1-3,5-6,8-9,16H,4,7,10,12-13,20H2. The summed E-state index contributed by atoms with van der Waals surface area (Å²) in [5.74, 6) is 0.875. The number of aromatic nitrogens is 1. The number of nitrogens with two attached hydrogens (primary N) is 1. The maximum absolute atomic E-state index is 12.4. The molecule has 1 aromatic heterocycles. The smallest absolute Gasteiger partial charge is 0.252 e. The molecule has 0 saturated carbocycles. The summed E-state index contributed by atoms with van der Waals surface area (Å²) in [7, 11) is 0. The van der Waals surface area contributed by atoms with E-state index in [1.807, 2.05) is 24.3 Å². The monoisotopic (exact) mass is 308 g/mol. The molecule has 0 radical (unpaired) electrons. The lowest BCUT2D eigenvalue weighted by Crippen LogP contribution is -2.44. The molecule has 1 saturated heterocycles. The summed E-state index contributed by atoms with van der Waals surface area (Å²) in [6, 6.07) is 15.0. The average Bonchev–Trinajstić information content (AvgIpc) is 2.57. The molecule has 2 heterocycles. The van der Waals surface area contributed by atoms with E-state index in [-0.39, 0.29) is 11.6 Å². The van der Waals surface area contributed by atoms with Crippen molar-refractivity contribution in [1.82, 2.24) is 4.57 Å². The maximum atomic E-state index is 12.4. The molecule has 2 N–H and O–H groups in total. The van der Waals surface area contributed by atoms with Crippen molar-refractivity contribution >= 4 is 5.82 Å². The Morgan fingerprint density at radius 1 is 1.22 bits per heavy atom. The van der Waals surface area contributed by atoms with Crippen molar-refractivity contribution < 1.29 is 0 Å². The summed E-state index contributed by atoms with van der Waals surface area (Å²) in [6.07, 6.45) is 2.05. The fourth-order valence-electron chi connectivity index (χ4n) is 3.10. The molecule has 0 bridgehead atoms. The van der Waals surface area contributed by atoms with Gasteiger partial charge in [-0.3, -0.25) is 9.36 Å². The number of piperidine rings is 1. The first-order valence-electron chi connectivity index (χ1n) is 7.87. The van der Waals surface area contributed by atoms with Crippen LogP contribution in [0.1, 0.15) is 24.0 Å². The van der Waals surface area contributed by atoms with Crippen LogP contribution in [0.5, 0.6) is 0 Å². The van der Waals surface area contributed by atoms with Gasteiger partial charge in [0, 0.05) is 25.2 Å². The minimum Gasteiger partial charge on any atom is -0.356 e. The second-order valence-electron chi connectivity index (χ2n) is 5.93. The van der Waals surface area contributed by atoms with E-state index >= 15 is 0 Å². The molecule has 1 aliphatic heterocycles. The quantitative estimate of drug-likeness (QED) is 0.936. The summed E-state index contributed by atoms with van der Waals surface area (Å²) < 4.78 is 1.73. The number of anilines is 1. The van der Waals surface area contributed by atoms with Gasteiger partial charge in [0.1, 0.15) is 5.82 Å². The molecule has 23 heavy (non-hydrogen) atoms. The first-order valence-corrected chi connectivity index (χ1v) is 7.87. The van der Waals surface area contributed by atoms with Crippen LogP contribution < -0.4 is 16.2 Å². The largest absolute Gasteiger partial charge is 0.356 e. The van der Waals surface area contributed by atoms with E-state index in [9.17, 15) is 10.1 Å². The molecule has 1 fully saturated rings. The Labute approximate surface area is 135 Å². The van der Waals surface area contributed by atoms with Crippen LogP contribution in [-0.4, -0.2) is 23.7 Å². The van der Waals surface area contributed by atoms with Crippen molar-refractivity contribution in [2.75, 3.05) is 18.0 Å². The Morgan fingerprint density at radius 3 is 2.83 bits per heavy atom. The summed E-state index contributed by atoms with van der Waals surface area (Å²) >= 11 is 0. The van der Waals surface area contributed by atoms with Crippen molar-refractivity contribution in [2.45, 2.75) is 25.4 Å². The van der Waals surface area contributed by atoms with E-state index in [2.05, 4.69) is 11.0 Å². The zero-order valence-corrected chi connectivity index (χ0v) is 13.0. The molecule has 5 heteroatoms. The lowest BCUT2D eigenvalue weighted by atomic mass is 10.1. The Balaban J connectivity index is 1.99. The number of hydrogen-bond donors (Lipinski definition) is 1. The van der Waals surface area contributed by atoms with Crippen LogP contribution in [0.4, 0.5) is 5.82 Å². The Hall–Kier alpha value is -2.58. The molecule has 0 amide bonds. The van der Waals surface area contributed by atoms with Gasteiger partial charge in [-0.2, -0.15) is 5.26 Å². The Bertz CT molecular complexity index is 790. The fraction of sp³-hybridized carbons (Fsp3) is 0.333. The van der Waals surface area contributed by atoms with Crippen molar-refractivity contribution in [2.24, 2.45) is 5.73 Å². The van der Waals surface area contributed by atoms with Gasteiger partial charge in [0.2, 0.25) is 0 Å². The third kappa shape index (κ3) is 3.27. The van der Waals surface area contributed by atoms with Gasteiger partial charge >= 0.3 is 0 Å². The van der Waals surface area contributed by atoms with Crippen LogP contribution in [0.2, 0.25) is 0 Å². The van der Waals surface area contributed by atoms with Crippen LogP contribution in [0.3, 0.4) is 0 Å². The van der Waals surface area contributed by atoms with Gasteiger partial charge in [0.05, 0.1) is 18.2 Å². The third-order valence-corrected chi connectivity index (χ3v) is 4.27. The van der Waals surface area contributed by atoms with E-state index in [0.717, 1.165) is 37.3 Å². The van der Waals surface area contributed by atoms with Crippen molar-refractivity contribution in [1.29, 1.82) is 5.26 Å². The molecule has 1 aromatic carbocycles. The summed E-state index contributed by atoms with van der Waals surface area (Å²) in [5, 5.41) is 9.25. The van der Waals surface area contributed by atoms with E-state index in [0.29, 0.717) is 12.1 Å². The lowest BCUT2D eigenvalue weighted by molar-refractivity contribution is 0.496. The maximum Gasteiger partial charge on any atom is 0.252 e. The number of hydrogen-bond acceptors (Lipinski definition) is 4. The highest BCUT2D eigenvalue weighted by molar-refractivity contribution is 5.43. The molecule has 5 nitrogen and oxygen atoms in total. The molecular weight excluding hydrogens is 288 g/mol. The average molecular weight is 308 g/mol. The molecule has 0 spiro atoms. The third-order valence-electron chi connectivity index (χ3n) is 4.27. The van der Waals surface area contributed by atoms with Crippen LogP contribution >= 0.6 is 0 Å². The molecule has 3 rings (SSSR count). The van der Waals surface area contributed by atoms with Gasteiger partial charge in [0.25, 0.3) is 5.56 Å². The zero-order chi connectivity index (χ0) is 16.2. The highest BCUT2D eigenvalue weighted by Gasteiger charge is 2.20. The number of pyridine rings is 1. The minimum atomic E-state index is -0.0608. The second-order valence-corrected chi connectivity index (χ2v) is 5.93. The Kier molecular flexibility index (Phi) is 4.45. The zero-order valence-electron chi connectivity index (χ0n) is 13.0. The molecule has 0 aliphatic carbocycles. The second kappa shape index (κ2) is 6.67. The van der Waals surface area contributed by atoms with Gasteiger partial charge in [-0.1, -0.05) is 24.3 Å². The van der Waals surface area contributed by atoms with Gasteiger partial charge in [-0.25, -0.2) is 0 Å². The highest BCUT2D eigenvalue weighted by atomic mass is 16.1. The minimum absolute atomic E-state index is 0.0608.